The molecule has 0 bridgehead atoms. The highest BCUT2D eigenvalue weighted by Crippen LogP contribution is 2.66. The van der Waals surface area contributed by atoms with Gasteiger partial charge in [0.1, 0.15) is 12.3 Å². The minimum atomic E-state index is -5.70. The molecule has 2 heterocycles. The molecule has 190 valence electrons. The van der Waals surface area contributed by atoms with E-state index in [9.17, 15) is 33.3 Å². The molecule has 2 unspecified atom stereocenters. The van der Waals surface area contributed by atoms with Crippen LogP contribution in [0.15, 0.2) is 21.9 Å². The average molecular weight is 539 g/mol. The number of nitrogens with two attached hydrogens (primary N) is 1. The van der Waals surface area contributed by atoms with Crippen molar-refractivity contribution in [1.29, 1.82) is 0 Å². The molecule has 2 rings (SSSR count). The monoisotopic (exact) mass is 539 g/mol. The maximum atomic E-state index is 12.1. The number of ether oxygens (including phenoxy) is 1. The SMILES string of the molecule is C.NC/C=C\c1cn([C@H]2C[C@H](O)[C@@H](COP(=O)(O)OP(=O)(O)OP(=O)(O)O)O2)c(=O)[nH]c1=O. The van der Waals surface area contributed by atoms with E-state index in [1.165, 1.54) is 12.2 Å². The van der Waals surface area contributed by atoms with Crippen molar-refractivity contribution >= 4 is 29.5 Å². The van der Waals surface area contributed by atoms with E-state index in [2.05, 4.69) is 13.1 Å². The van der Waals surface area contributed by atoms with Gasteiger partial charge in [-0.3, -0.25) is 18.9 Å². The van der Waals surface area contributed by atoms with E-state index in [1.54, 1.807) is 0 Å². The number of hydrogen-bond acceptors (Lipinski definition) is 11. The first-order valence-corrected chi connectivity index (χ1v) is 13.0. The van der Waals surface area contributed by atoms with Crippen LogP contribution < -0.4 is 17.0 Å². The highest BCUT2D eigenvalue weighted by Gasteiger charge is 2.43. The standard InChI is InChI=1S/C12H20N3O14P3.CH4/c13-3-1-2-7-5-15(12(18)14-11(7)17)10-4-8(16)9(27-10)6-26-31(22,23)29-32(24,25)28-30(19,20)21;/h1-2,5,8-10,16H,3-4,6,13H2,(H,22,23)(H,24,25)(H,14,17,18)(H2,19,20,21);1H4/b2-1-;/t8-,9+,10+;/m0./s1. The third-order valence-corrected chi connectivity index (χ3v) is 7.56. The Labute approximate surface area is 185 Å². The van der Waals surface area contributed by atoms with Crippen LogP contribution in [0.2, 0.25) is 0 Å². The van der Waals surface area contributed by atoms with Crippen molar-refractivity contribution in [2.75, 3.05) is 13.2 Å². The van der Waals surface area contributed by atoms with Crippen molar-refractivity contribution in [3.63, 3.8) is 0 Å². The molecule has 1 aromatic heterocycles. The zero-order valence-electron chi connectivity index (χ0n) is 15.9. The van der Waals surface area contributed by atoms with Gasteiger partial charge in [-0.2, -0.15) is 8.62 Å². The lowest BCUT2D eigenvalue weighted by atomic mass is 10.2. The Morgan fingerprint density at radius 3 is 2.39 bits per heavy atom. The van der Waals surface area contributed by atoms with Crippen molar-refractivity contribution in [3.05, 3.63) is 38.7 Å². The molecule has 1 fully saturated rings. The minimum absolute atomic E-state index is 0. The second kappa shape index (κ2) is 11.4. The van der Waals surface area contributed by atoms with Gasteiger partial charge in [0, 0.05) is 19.2 Å². The van der Waals surface area contributed by atoms with E-state index in [0.29, 0.717) is 0 Å². The number of phosphoric acid groups is 3. The van der Waals surface area contributed by atoms with Crippen LogP contribution in [-0.4, -0.2) is 59.6 Å². The second-order valence-electron chi connectivity index (χ2n) is 6.21. The lowest BCUT2D eigenvalue weighted by Gasteiger charge is -2.19. The maximum absolute atomic E-state index is 12.1. The molecular formula is C13H24N3O14P3. The third kappa shape index (κ3) is 9.11. The molecule has 5 atom stereocenters. The van der Waals surface area contributed by atoms with Gasteiger partial charge < -0.3 is 35.2 Å². The van der Waals surface area contributed by atoms with Crippen LogP contribution in [0.5, 0.6) is 0 Å². The summed E-state index contributed by atoms with van der Waals surface area (Å²) in [5.74, 6) is 0. The van der Waals surface area contributed by atoms with Gasteiger partial charge in [-0.1, -0.05) is 19.6 Å². The van der Waals surface area contributed by atoms with Crippen LogP contribution >= 0.6 is 23.5 Å². The fourth-order valence-electron chi connectivity index (χ4n) is 2.54. The normalized spacial score (nSPS) is 24.8. The van der Waals surface area contributed by atoms with Crippen LogP contribution in [0.25, 0.3) is 6.08 Å². The Kier molecular flexibility index (Phi) is 10.3. The zero-order valence-corrected chi connectivity index (χ0v) is 18.5. The molecule has 1 saturated heterocycles. The second-order valence-corrected chi connectivity index (χ2v) is 10.6. The molecule has 0 aromatic carbocycles. The molecule has 20 heteroatoms. The Bertz CT molecular complexity index is 1110. The lowest BCUT2D eigenvalue weighted by Crippen LogP contribution is -2.33. The molecule has 0 spiro atoms. The number of aliphatic hydroxyl groups excluding tert-OH is 1. The van der Waals surface area contributed by atoms with E-state index in [0.717, 1.165) is 10.8 Å². The first kappa shape index (κ1) is 29.7. The summed E-state index contributed by atoms with van der Waals surface area (Å²) in [5, 5.41) is 10.1. The first-order chi connectivity index (χ1) is 14.6. The van der Waals surface area contributed by atoms with Crippen molar-refractivity contribution in [3.8, 4) is 0 Å². The van der Waals surface area contributed by atoms with Gasteiger partial charge in [0.2, 0.25) is 0 Å². The predicted molar refractivity (Wildman–Crippen MR) is 110 cm³/mol. The minimum Gasteiger partial charge on any atom is -0.390 e. The smallest absolute Gasteiger partial charge is 0.390 e. The summed E-state index contributed by atoms with van der Waals surface area (Å²) in [4.78, 5) is 61.5. The van der Waals surface area contributed by atoms with Crippen LogP contribution in [-0.2, 0) is 31.6 Å². The van der Waals surface area contributed by atoms with Gasteiger partial charge in [0.05, 0.1) is 18.3 Å². The Balaban J connectivity index is 0.00000544. The fraction of sp³-hybridized carbons (Fsp3) is 0.538. The Morgan fingerprint density at radius 1 is 1.18 bits per heavy atom. The number of nitrogens with one attached hydrogen (secondary N) is 1. The van der Waals surface area contributed by atoms with Crippen molar-refractivity contribution in [1.82, 2.24) is 9.55 Å². The van der Waals surface area contributed by atoms with Crippen LogP contribution in [0.3, 0.4) is 0 Å². The third-order valence-electron chi connectivity index (χ3n) is 3.76. The van der Waals surface area contributed by atoms with Gasteiger partial charge >= 0.3 is 29.2 Å². The van der Waals surface area contributed by atoms with Crippen LogP contribution in [0, 0.1) is 0 Å². The first-order valence-electron chi connectivity index (χ1n) is 8.46. The van der Waals surface area contributed by atoms with E-state index >= 15 is 0 Å². The van der Waals surface area contributed by atoms with E-state index in [4.69, 9.17) is 25.2 Å². The molecular weight excluding hydrogens is 515 g/mol. The Hall–Kier alpha value is -1.29. The molecule has 0 amide bonds. The van der Waals surface area contributed by atoms with E-state index in [1.807, 2.05) is 4.98 Å². The molecule has 0 saturated carbocycles. The van der Waals surface area contributed by atoms with Gasteiger partial charge in [-0.05, 0) is 0 Å². The topological polar surface area (TPSA) is 270 Å². The molecule has 0 aliphatic carbocycles. The molecule has 17 nitrogen and oxygen atoms in total. The average Bonchev–Trinajstić information content (AvgIpc) is 2.97. The van der Waals surface area contributed by atoms with Crippen molar-refractivity contribution < 1.29 is 56.3 Å². The lowest BCUT2D eigenvalue weighted by molar-refractivity contribution is -0.0450. The van der Waals surface area contributed by atoms with Crippen LogP contribution in [0.1, 0.15) is 25.6 Å². The number of aliphatic hydroxyl groups is 1. The molecule has 0 radical (unpaired) electrons. The summed E-state index contributed by atoms with van der Waals surface area (Å²) >= 11 is 0. The zero-order chi connectivity index (χ0) is 24.3. The van der Waals surface area contributed by atoms with Crippen LogP contribution in [0.4, 0.5) is 0 Å². The Morgan fingerprint density at radius 2 is 1.82 bits per heavy atom. The number of nitrogens with zero attached hydrogens (tertiary/aromatic N) is 1. The highest BCUT2D eigenvalue weighted by molar-refractivity contribution is 7.66. The highest BCUT2D eigenvalue weighted by atomic mass is 31.3. The number of hydrogen-bond donors (Lipinski definition) is 7. The summed E-state index contributed by atoms with van der Waals surface area (Å²) in [6.45, 7) is -0.778. The van der Waals surface area contributed by atoms with Gasteiger partial charge in [0.25, 0.3) is 5.56 Å². The maximum Gasteiger partial charge on any atom is 0.490 e. The van der Waals surface area contributed by atoms with Crippen molar-refractivity contribution in [2.45, 2.75) is 32.3 Å². The summed E-state index contributed by atoms with van der Waals surface area (Å²) < 4.78 is 51.6. The van der Waals surface area contributed by atoms with E-state index < -0.39 is 59.8 Å². The number of aromatic amines is 1. The number of phosphoric ester groups is 1. The fourth-order valence-corrected chi connectivity index (χ4v) is 5.57. The van der Waals surface area contributed by atoms with Crippen molar-refractivity contribution in [2.24, 2.45) is 5.73 Å². The predicted octanol–water partition coefficient (Wildman–Crippen LogP) is -0.864. The molecule has 8 N–H and O–H groups in total. The van der Waals surface area contributed by atoms with Gasteiger partial charge in [-0.15, -0.1) is 0 Å². The summed E-state index contributed by atoms with van der Waals surface area (Å²) in [7, 11) is -16.7. The number of H-pyrrole nitrogens is 1. The summed E-state index contributed by atoms with van der Waals surface area (Å²) in [6, 6.07) is 0. The quantitative estimate of drug-likeness (QED) is 0.178. The number of aromatic nitrogens is 2. The summed E-state index contributed by atoms with van der Waals surface area (Å²) in [5.41, 5.74) is 3.81. The number of rotatable bonds is 10. The van der Waals surface area contributed by atoms with E-state index in [-0.39, 0.29) is 26.0 Å². The largest absolute Gasteiger partial charge is 0.490 e. The van der Waals surface area contributed by atoms with Gasteiger partial charge in [0.15, 0.2) is 0 Å². The summed E-state index contributed by atoms with van der Waals surface area (Å²) in [6.07, 6.45) is -0.0802. The molecule has 1 aromatic rings. The molecule has 1 aliphatic rings. The molecule has 1 aliphatic heterocycles. The van der Waals surface area contributed by atoms with Gasteiger partial charge in [-0.25, -0.2) is 18.5 Å². The molecule has 33 heavy (non-hydrogen) atoms.